The number of hydrogen-bond acceptors (Lipinski definition) is 4. The number of anilines is 1. The van der Waals surface area contributed by atoms with E-state index in [1.54, 1.807) is 11.5 Å². The standard InChI is InChI=1S/C16H17N3O2S/c1-10-3-5-12(6-4-10)18-14(20)8-13-9-22-16-17-11(2)7-15(21)19(13)16/h3-7,13H,8-9H2,1-2H3,(H,18,20)/t13-/m0/s1. The van der Waals surface area contributed by atoms with Crippen molar-refractivity contribution in [1.82, 2.24) is 9.55 Å². The number of fused-ring (bicyclic) bond motifs is 1. The van der Waals surface area contributed by atoms with Gasteiger partial charge in [-0.1, -0.05) is 29.5 Å². The van der Waals surface area contributed by atoms with Crippen LogP contribution in [0, 0.1) is 13.8 Å². The van der Waals surface area contributed by atoms with E-state index in [9.17, 15) is 9.59 Å². The van der Waals surface area contributed by atoms with Crippen LogP contribution in [0.4, 0.5) is 5.69 Å². The number of aryl methyl sites for hydroxylation is 2. The summed E-state index contributed by atoms with van der Waals surface area (Å²) in [4.78, 5) is 28.6. The Morgan fingerprint density at radius 1 is 1.36 bits per heavy atom. The van der Waals surface area contributed by atoms with Crippen molar-refractivity contribution >= 4 is 23.4 Å². The van der Waals surface area contributed by atoms with Gasteiger partial charge >= 0.3 is 0 Å². The van der Waals surface area contributed by atoms with Crippen molar-refractivity contribution in [2.45, 2.75) is 31.5 Å². The van der Waals surface area contributed by atoms with Gasteiger partial charge in [0.05, 0.1) is 6.04 Å². The topological polar surface area (TPSA) is 64.0 Å². The summed E-state index contributed by atoms with van der Waals surface area (Å²) >= 11 is 1.53. The maximum absolute atomic E-state index is 12.2. The summed E-state index contributed by atoms with van der Waals surface area (Å²) in [6.07, 6.45) is 0.276. The van der Waals surface area contributed by atoms with Crippen LogP contribution in [0.15, 0.2) is 40.3 Å². The fourth-order valence-electron chi connectivity index (χ4n) is 2.48. The highest BCUT2D eigenvalue weighted by atomic mass is 32.2. The van der Waals surface area contributed by atoms with Gasteiger partial charge in [0.15, 0.2) is 5.16 Å². The van der Waals surface area contributed by atoms with Gasteiger partial charge in [-0.2, -0.15) is 0 Å². The van der Waals surface area contributed by atoms with Crippen LogP contribution in [0.25, 0.3) is 0 Å². The van der Waals surface area contributed by atoms with E-state index in [4.69, 9.17) is 0 Å². The lowest BCUT2D eigenvalue weighted by Gasteiger charge is -2.13. The molecule has 1 aromatic heterocycles. The second-order valence-corrected chi connectivity index (χ2v) is 6.46. The molecule has 114 valence electrons. The van der Waals surface area contributed by atoms with Gasteiger partial charge in [-0.3, -0.25) is 14.2 Å². The largest absolute Gasteiger partial charge is 0.326 e. The normalized spacial score (nSPS) is 16.4. The molecule has 2 aromatic rings. The Balaban J connectivity index is 1.72. The van der Waals surface area contributed by atoms with Gasteiger partial charge < -0.3 is 5.32 Å². The van der Waals surface area contributed by atoms with Gasteiger partial charge in [0.25, 0.3) is 5.56 Å². The smallest absolute Gasteiger partial charge is 0.254 e. The van der Waals surface area contributed by atoms with E-state index in [0.717, 1.165) is 11.3 Å². The summed E-state index contributed by atoms with van der Waals surface area (Å²) in [6.45, 7) is 3.81. The first-order valence-electron chi connectivity index (χ1n) is 7.12. The third-order valence-corrected chi connectivity index (χ3v) is 4.67. The summed E-state index contributed by atoms with van der Waals surface area (Å²) in [5.41, 5.74) is 2.55. The summed E-state index contributed by atoms with van der Waals surface area (Å²) in [5.74, 6) is 0.613. The van der Waals surface area contributed by atoms with Crippen molar-refractivity contribution in [2.24, 2.45) is 0 Å². The summed E-state index contributed by atoms with van der Waals surface area (Å²) in [7, 11) is 0. The first-order chi connectivity index (χ1) is 10.5. The maximum atomic E-state index is 12.2. The first-order valence-corrected chi connectivity index (χ1v) is 8.11. The Labute approximate surface area is 132 Å². The van der Waals surface area contributed by atoms with Crippen LogP contribution in [0.3, 0.4) is 0 Å². The molecule has 0 bridgehead atoms. The van der Waals surface area contributed by atoms with Crippen LogP contribution in [-0.2, 0) is 4.79 Å². The van der Waals surface area contributed by atoms with E-state index in [0.29, 0.717) is 16.6 Å². The average Bonchev–Trinajstić information content (AvgIpc) is 2.84. The van der Waals surface area contributed by atoms with Crippen molar-refractivity contribution < 1.29 is 4.79 Å². The van der Waals surface area contributed by atoms with E-state index in [-0.39, 0.29) is 23.9 Å². The minimum absolute atomic E-state index is 0.0827. The number of thioether (sulfide) groups is 1. The van der Waals surface area contributed by atoms with Crippen LogP contribution >= 0.6 is 11.8 Å². The van der Waals surface area contributed by atoms with Crippen LogP contribution in [0.1, 0.15) is 23.7 Å². The molecule has 1 aliphatic heterocycles. The zero-order valence-electron chi connectivity index (χ0n) is 12.5. The van der Waals surface area contributed by atoms with E-state index >= 15 is 0 Å². The second kappa shape index (κ2) is 5.96. The Bertz CT molecular complexity index is 768. The van der Waals surface area contributed by atoms with Crippen molar-refractivity contribution in [3.05, 3.63) is 51.9 Å². The number of rotatable bonds is 3. The molecule has 6 heteroatoms. The number of benzene rings is 1. The minimum atomic E-state index is -0.133. The molecule has 22 heavy (non-hydrogen) atoms. The molecule has 3 rings (SSSR count). The lowest BCUT2D eigenvalue weighted by atomic mass is 10.2. The number of amides is 1. The molecule has 0 aliphatic carbocycles. The predicted octanol–water partition coefficient (Wildman–Crippen LogP) is 2.54. The number of hydrogen-bond donors (Lipinski definition) is 1. The summed E-state index contributed by atoms with van der Waals surface area (Å²) in [6, 6.07) is 9.04. The monoisotopic (exact) mass is 315 g/mol. The molecule has 2 heterocycles. The highest BCUT2D eigenvalue weighted by Crippen LogP contribution is 2.32. The fourth-order valence-corrected chi connectivity index (χ4v) is 3.67. The second-order valence-electron chi connectivity index (χ2n) is 5.47. The molecule has 0 saturated carbocycles. The molecule has 0 saturated heterocycles. The van der Waals surface area contributed by atoms with Crippen molar-refractivity contribution in [3.63, 3.8) is 0 Å². The number of carbonyl (C=O) groups excluding carboxylic acids is 1. The Morgan fingerprint density at radius 2 is 2.09 bits per heavy atom. The van der Waals surface area contributed by atoms with Gasteiger partial charge in [-0.25, -0.2) is 4.98 Å². The number of carbonyl (C=O) groups is 1. The molecule has 0 spiro atoms. The Kier molecular flexibility index (Phi) is 4.02. The highest BCUT2D eigenvalue weighted by molar-refractivity contribution is 7.99. The lowest BCUT2D eigenvalue weighted by Crippen LogP contribution is -2.27. The molecule has 1 N–H and O–H groups in total. The summed E-state index contributed by atoms with van der Waals surface area (Å²) in [5, 5.41) is 3.58. The molecule has 0 unspecified atom stereocenters. The van der Waals surface area contributed by atoms with Crippen LogP contribution in [-0.4, -0.2) is 21.2 Å². The molecule has 5 nitrogen and oxygen atoms in total. The van der Waals surface area contributed by atoms with E-state index in [2.05, 4.69) is 10.3 Å². The van der Waals surface area contributed by atoms with Gasteiger partial charge in [-0.15, -0.1) is 0 Å². The summed E-state index contributed by atoms with van der Waals surface area (Å²) < 4.78 is 1.63. The Morgan fingerprint density at radius 3 is 2.82 bits per heavy atom. The van der Waals surface area contributed by atoms with E-state index in [1.807, 2.05) is 31.2 Å². The van der Waals surface area contributed by atoms with Crippen molar-refractivity contribution in [3.8, 4) is 0 Å². The third kappa shape index (κ3) is 3.06. The first kappa shape index (κ1) is 14.8. The average molecular weight is 315 g/mol. The molecule has 1 atom stereocenters. The van der Waals surface area contributed by atoms with Gasteiger partial charge in [0.2, 0.25) is 5.91 Å². The van der Waals surface area contributed by atoms with E-state index in [1.165, 1.54) is 17.8 Å². The number of aromatic nitrogens is 2. The maximum Gasteiger partial charge on any atom is 0.254 e. The SMILES string of the molecule is Cc1ccc(NC(=O)C[C@H]2CSc3nc(C)cc(=O)n32)cc1. The van der Waals surface area contributed by atoms with Gasteiger partial charge in [0, 0.05) is 29.6 Å². The molecular formula is C16H17N3O2S. The molecule has 0 radical (unpaired) electrons. The van der Waals surface area contributed by atoms with Gasteiger partial charge in [-0.05, 0) is 26.0 Å². The van der Waals surface area contributed by atoms with Gasteiger partial charge in [0.1, 0.15) is 0 Å². The zero-order chi connectivity index (χ0) is 15.7. The minimum Gasteiger partial charge on any atom is -0.326 e. The molecular weight excluding hydrogens is 298 g/mol. The molecule has 1 aromatic carbocycles. The number of nitrogens with one attached hydrogen (secondary N) is 1. The lowest BCUT2D eigenvalue weighted by molar-refractivity contribution is -0.116. The molecule has 0 fully saturated rings. The predicted molar refractivity (Wildman–Crippen MR) is 87.4 cm³/mol. The quantitative estimate of drug-likeness (QED) is 0.884. The van der Waals surface area contributed by atoms with E-state index < -0.39 is 0 Å². The molecule has 1 aliphatic rings. The third-order valence-electron chi connectivity index (χ3n) is 3.57. The fraction of sp³-hybridized carbons (Fsp3) is 0.312. The van der Waals surface area contributed by atoms with Crippen LogP contribution in [0.2, 0.25) is 0 Å². The highest BCUT2D eigenvalue weighted by Gasteiger charge is 2.27. The van der Waals surface area contributed by atoms with Crippen molar-refractivity contribution in [2.75, 3.05) is 11.1 Å². The van der Waals surface area contributed by atoms with Crippen LogP contribution < -0.4 is 10.9 Å². The van der Waals surface area contributed by atoms with Crippen molar-refractivity contribution in [1.29, 1.82) is 0 Å². The zero-order valence-corrected chi connectivity index (χ0v) is 13.3. The van der Waals surface area contributed by atoms with Crippen LogP contribution in [0.5, 0.6) is 0 Å². The molecule has 1 amide bonds. The number of nitrogens with zero attached hydrogens (tertiary/aromatic N) is 2. The Hall–Kier alpha value is -2.08.